The number of hydrogen-bond donors (Lipinski definition) is 1. The zero-order chi connectivity index (χ0) is 14.1. The zero-order valence-electron chi connectivity index (χ0n) is 10.0. The van der Waals surface area contributed by atoms with E-state index in [-0.39, 0.29) is 15.5 Å². The Morgan fingerprint density at radius 3 is 2.80 bits per heavy atom. The van der Waals surface area contributed by atoms with Crippen molar-refractivity contribution in [2.45, 2.75) is 0 Å². The average Bonchev–Trinajstić information content (AvgIpc) is 2.82. The van der Waals surface area contributed by atoms with Crippen molar-refractivity contribution in [3.8, 4) is 17.1 Å². The Kier molecular flexibility index (Phi) is 3.33. The first-order chi connectivity index (χ1) is 9.68. The highest BCUT2D eigenvalue weighted by Crippen LogP contribution is 2.28. The third-order valence-corrected chi connectivity index (χ3v) is 3.33. The molecule has 0 saturated heterocycles. The number of pyridine rings is 1. The largest absolute Gasteiger partial charge is 0.264 e. The van der Waals surface area contributed by atoms with Gasteiger partial charge in [-0.1, -0.05) is 17.7 Å². The maximum Gasteiger partial charge on any atom is 0.200 e. The Morgan fingerprint density at radius 1 is 1.25 bits per heavy atom. The quantitative estimate of drug-likeness (QED) is 0.733. The summed E-state index contributed by atoms with van der Waals surface area (Å²) in [7, 11) is 0. The van der Waals surface area contributed by atoms with Crippen molar-refractivity contribution in [2.75, 3.05) is 0 Å². The summed E-state index contributed by atoms with van der Waals surface area (Å²) >= 11 is 11.3. The van der Waals surface area contributed by atoms with E-state index in [1.54, 1.807) is 24.5 Å². The molecule has 0 aliphatic rings. The molecule has 20 heavy (non-hydrogen) atoms. The zero-order valence-corrected chi connectivity index (χ0v) is 11.6. The molecule has 0 radical (unpaired) electrons. The smallest absolute Gasteiger partial charge is 0.200 e. The molecule has 0 spiro atoms. The van der Waals surface area contributed by atoms with Gasteiger partial charge in [0.05, 0.1) is 5.02 Å². The molecule has 2 aromatic heterocycles. The van der Waals surface area contributed by atoms with Crippen LogP contribution < -0.4 is 0 Å². The number of nitrogens with zero attached hydrogens (tertiary/aromatic N) is 3. The molecule has 1 aromatic carbocycles. The lowest BCUT2D eigenvalue weighted by Gasteiger charge is -2.09. The van der Waals surface area contributed by atoms with E-state index in [4.69, 9.17) is 23.8 Å². The van der Waals surface area contributed by atoms with Crippen molar-refractivity contribution in [3.63, 3.8) is 0 Å². The minimum atomic E-state index is -0.472. The van der Waals surface area contributed by atoms with Crippen molar-refractivity contribution in [1.29, 1.82) is 0 Å². The van der Waals surface area contributed by atoms with Crippen LogP contribution in [0.5, 0.6) is 0 Å². The van der Waals surface area contributed by atoms with Gasteiger partial charge in [-0.15, -0.1) is 0 Å². The highest BCUT2D eigenvalue weighted by molar-refractivity contribution is 7.71. The van der Waals surface area contributed by atoms with Gasteiger partial charge in [0, 0.05) is 18.0 Å². The van der Waals surface area contributed by atoms with Gasteiger partial charge in [-0.05, 0) is 36.5 Å². The number of nitrogens with one attached hydrogen (secondary N) is 1. The molecule has 3 aromatic rings. The molecule has 1 N–H and O–H groups in total. The summed E-state index contributed by atoms with van der Waals surface area (Å²) in [6.45, 7) is 0. The van der Waals surface area contributed by atoms with E-state index in [1.165, 1.54) is 16.7 Å². The lowest BCUT2D eigenvalue weighted by Crippen LogP contribution is -2.02. The van der Waals surface area contributed by atoms with E-state index in [1.807, 2.05) is 6.07 Å². The first-order valence-electron chi connectivity index (χ1n) is 5.70. The topological polar surface area (TPSA) is 46.5 Å². The number of para-hydroxylation sites is 1. The second kappa shape index (κ2) is 5.15. The highest BCUT2D eigenvalue weighted by Gasteiger charge is 2.16. The number of aromatic nitrogens is 4. The van der Waals surface area contributed by atoms with E-state index in [0.717, 1.165) is 0 Å². The van der Waals surface area contributed by atoms with Gasteiger partial charge in [-0.3, -0.25) is 14.6 Å². The molecular formula is C13H8ClFN4S. The summed E-state index contributed by atoms with van der Waals surface area (Å²) in [5.41, 5.74) is 0.880. The summed E-state index contributed by atoms with van der Waals surface area (Å²) in [5.74, 6) is -0.0183. The van der Waals surface area contributed by atoms with Gasteiger partial charge in [0.25, 0.3) is 0 Å². The van der Waals surface area contributed by atoms with Crippen LogP contribution in [0, 0.1) is 10.6 Å². The summed E-state index contributed by atoms with van der Waals surface area (Å²) in [6.07, 6.45) is 3.27. The van der Waals surface area contributed by atoms with Crippen LogP contribution in [-0.2, 0) is 0 Å². The third kappa shape index (κ3) is 2.13. The number of aromatic amines is 1. The van der Waals surface area contributed by atoms with Crippen LogP contribution in [-0.4, -0.2) is 19.7 Å². The lowest BCUT2D eigenvalue weighted by molar-refractivity contribution is 0.618. The van der Waals surface area contributed by atoms with Gasteiger partial charge < -0.3 is 0 Å². The predicted octanol–water partition coefficient (Wildman–Crippen LogP) is 3.78. The molecule has 3 rings (SSSR count). The van der Waals surface area contributed by atoms with Crippen LogP contribution in [0.3, 0.4) is 0 Å². The normalized spacial score (nSPS) is 10.7. The van der Waals surface area contributed by atoms with Crippen molar-refractivity contribution >= 4 is 23.8 Å². The second-order valence-electron chi connectivity index (χ2n) is 4.00. The lowest BCUT2D eigenvalue weighted by atomic mass is 10.2. The molecule has 0 atom stereocenters. The fourth-order valence-electron chi connectivity index (χ4n) is 1.90. The van der Waals surface area contributed by atoms with Gasteiger partial charge >= 0.3 is 0 Å². The van der Waals surface area contributed by atoms with Crippen LogP contribution in [0.4, 0.5) is 4.39 Å². The van der Waals surface area contributed by atoms with Crippen molar-refractivity contribution < 1.29 is 4.39 Å². The molecule has 0 saturated carbocycles. The summed E-state index contributed by atoms with van der Waals surface area (Å²) in [4.78, 5) is 4.02. The Labute approximate surface area is 123 Å². The molecular weight excluding hydrogens is 299 g/mol. The molecule has 0 unspecified atom stereocenters. The van der Waals surface area contributed by atoms with Crippen LogP contribution >= 0.6 is 23.8 Å². The average molecular weight is 307 g/mol. The molecule has 0 fully saturated rings. The molecule has 2 heterocycles. The van der Waals surface area contributed by atoms with E-state index < -0.39 is 5.82 Å². The maximum absolute atomic E-state index is 14.1. The summed E-state index contributed by atoms with van der Waals surface area (Å²) in [6, 6.07) is 8.03. The van der Waals surface area contributed by atoms with Gasteiger partial charge in [0.1, 0.15) is 11.5 Å². The number of rotatable bonds is 2. The van der Waals surface area contributed by atoms with E-state index in [2.05, 4.69) is 15.2 Å². The summed E-state index contributed by atoms with van der Waals surface area (Å²) in [5, 5.41) is 7.03. The highest BCUT2D eigenvalue weighted by atomic mass is 35.5. The van der Waals surface area contributed by atoms with E-state index in [9.17, 15) is 4.39 Å². The Balaban J connectivity index is 2.31. The van der Waals surface area contributed by atoms with Crippen LogP contribution in [0.2, 0.25) is 5.02 Å². The van der Waals surface area contributed by atoms with Gasteiger partial charge in [0.2, 0.25) is 0 Å². The third-order valence-electron chi connectivity index (χ3n) is 2.75. The number of benzene rings is 1. The van der Waals surface area contributed by atoms with Crippen molar-refractivity contribution in [1.82, 2.24) is 19.7 Å². The predicted molar refractivity (Wildman–Crippen MR) is 76.9 cm³/mol. The van der Waals surface area contributed by atoms with Gasteiger partial charge in [-0.2, -0.15) is 5.10 Å². The van der Waals surface area contributed by atoms with Gasteiger partial charge in [0.15, 0.2) is 10.6 Å². The number of halogens is 2. The fraction of sp³-hybridized carbons (Fsp3) is 0. The van der Waals surface area contributed by atoms with Crippen LogP contribution in [0.1, 0.15) is 0 Å². The molecule has 0 bridgehead atoms. The Hall–Kier alpha value is -2.05. The molecule has 4 nitrogen and oxygen atoms in total. The summed E-state index contributed by atoms with van der Waals surface area (Å²) < 4.78 is 15.8. The number of H-pyrrole nitrogens is 1. The van der Waals surface area contributed by atoms with E-state index in [0.29, 0.717) is 11.4 Å². The second-order valence-corrected chi connectivity index (χ2v) is 4.79. The van der Waals surface area contributed by atoms with Crippen molar-refractivity contribution in [2.24, 2.45) is 0 Å². The van der Waals surface area contributed by atoms with E-state index >= 15 is 0 Å². The SMILES string of the molecule is Fc1cccc(Cl)c1-n1c(-c2cccnc2)n[nH]c1=S. The molecule has 0 aliphatic carbocycles. The van der Waals surface area contributed by atoms with Crippen LogP contribution in [0.15, 0.2) is 42.7 Å². The first kappa shape index (κ1) is 13.0. The Bertz CT molecular complexity index is 792. The van der Waals surface area contributed by atoms with Crippen molar-refractivity contribution in [3.05, 3.63) is 58.3 Å². The van der Waals surface area contributed by atoms with Crippen LogP contribution in [0.25, 0.3) is 17.1 Å². The maximum atomic E-state index is 14.1. The first-order valence-corrected chi connectivity index (χ1v) is 6.49. The minimum Gasteiger partial charge on any atom is -0.264 e. The fourth-order valence-corrected chi connectivity index (χ4v) is 2.37. The monoisotopic (exact) mass is 306 g/mol. The Morgan fingerprint density at radius 2 is 2.10 bits per heavy atom. The number of hydrogen-bond acceptors (Lipinski definition) is 3. The molecule has 0 aliphatic heterocycles. The minimum absolute atomic E-state index is 0.173. The molecule has 7 heteroatoms. The molecule has 0 amide bonds. The molecule has 100 valence electrons. The standard InChI is InChI=1S/C13H8ClFN4S/c14-9-4-1-5-10(15)11(9)19-12(17-18-13(19)20)8-3-2-6-16-7-8/h1-7H,(H,18,20). The van der Waals surface area contributed by atoms with Gasteiger partial charge in [-0.25, -0.2) is 4.39 Å².